The molecule has 0 aromatic heterocycles. The van der Waals surface area contributed by atoms with Crippen LogP contribution in [-0.2, 0) is 33.3 Å². The maximum atomic E-state index is 12.3. The van der Waals surface area contributed by atoms with Crippen LogP contribution in [0.5, 0.6) is 0 Å². The largest absolute Gasteiger partial charge is 0.468 e. The van der Waals surface area contributed by atoms with Gasteiger partial charge in [0.1, 0.15) is 5.78 Å². The molecule has 0 aromatic carbocycles. The average Bonchev–Trinajstić information content (AvgIpc) is 2.80. The van der Waals surface area contributed by atoms with Gasteiger partial charge in [0.25, 0.3) is 0 Å². The van der Waals surface area contributed by atoms with Crippen LogP contribution in [0.1, 0.15) is 40.0 Å². The highest BCUT2D eigenvalue weighted by molar-refractivity contribution is 6.00. The molecule has 0 spiro atoms. The normalized spacial score (nSPS) is 20.5. The lowest BCUT2D eigenvalue weighted by Crippen LogP contribution is -2.44. The molecule has 1 aliphatic heterocycles. The van der Waals surface area contributed by atoms with Gasteiger partial charge in [-0.1, -0.05) is 0 Å². The molecule has 1 atom stereocenters. The predicted octanol–water partition coefficient (Wildman–Crippen LogP) is 1.23. The van der Waals surface area contributed by atoms with Crippen LogP contribution >= 0.6 is 0 Å². The molecule has 126 valence electrons. The highest BCUT2D eigenvalue weighted by atomic mass is 16.7. The van der Waals surface area contributed by atoms with Crippen molar-refractivity contribution in [2.75, 3.05) is 20.8 Å². The van der Waals surface area contributed by atoms with E-state index in [2.05, 4.69) is 0 Å². The molecular formula is C15H24O7. The van der Waals surface area contributed by atoms with Crippen LogP contribution in [-0.4, -0.2) is 50.4 Å². The maximum absolute atomic E-state index is 12.3. The number of carbonyl (C=O) groups is 3. The smallest absolute Gasteiger partial charge is 0.323 e. The summed E-state index contributed by atoms with van der Waals surface area (Å²) < 4.78 is 20.7. The van der Waals surface area contributed by atoms with Gasteiger partial charge in [-0.3, -0.25) is 9.59 Å². The van der Waals surface area contributed by atoms with Crippen molar-refractivity contribution >= 4 is 17.7 Å². The first-order valence-electron chi connectivity index (χ1n) is 7.15. The number of Topliss-reactive ketones (excluding diaryl/α,β-unsaturated/α-hetero) is 1. The van der Waals surface area contributed by atoms with Crippen molar-refractivity contribution in [3.05, 3.63) is 0 Å². The Kier molecular flexibility index (Phi) is 6.08. The Morgan fingerprint density at radius 2 is 1.73 bits per heavy atom. The van der Waals surface area contributed by atoms with Crippen molar-refractivity contribution in [3.63, 3.8) is 0 Å². The number of ketones is 1. The minimum absolute atomic E-state index is 0.0158. The first-order valence-corrected chi connectivity index (χ1v) is 7.15. The van der Waals surface area contributed by atoms with Crippen LogP contribution in [0.2, 0.25) is 0 Å². The lowest BCUT2D eigenvalue weighted by molar-refractivity contribution is -0.176. The van der Waals surface area contributed by atoms with E-state index in [4.69, 9.17) is 18.9 Å². The number of hydrogen-bond donors (Lipinski definition) is 0. The van der Waals surface area contributed by atoms with Gasteiger partial charge in [0.15, 0.2) is 11.2 Å². The Hall–Kier alpha value is -1.47. The van der Waals surface area contributed by atoms with Gasteiger partial charge in [-0.25, -0.2) is 0 Å². The van der Waals surface area contributed by atoms with E-state index in [-0.39, 0.29) is 31.7 Å². The summed E-state index contributed by atoms with van der Waals surface area (Å²) in [5.74, 6) is -2.35. The molecule has 0 unspecified atom stereocenters. The summed E-state index contributed by atoms with van der Waals surface area (Å²) in [5, 5.41) is 0. The van der Waals surface area contributed by atoms with Crippen molar-refractivity contribution < 1.29 is 33.3 Å². The minimum Gasteiger partial charge on any atom is -0.468 e. The number of ether oxygens (including phenoxy) is 4. The highest BCUT2D eigenvalue weighted by Crippen LogP contribution is 2.37. The van der Waals surface area contributed by atoms with E-state index < -0.39 is 29.2 Å². The zero-order valence-corrected chi connectivity index (χ0v) is 13.8. The molecule has 0 aromatic rings. The monoisotopic (exact) mass is 316 g/mol. The summed E-state index contributed by atoms with van der Waals surface area (Å²) in [6.07, 6.45) is -0.327. The van der Waals surface area contributed by atoms with E-state index in [1.807, 2.05) is 0 Å². The average molecular weight is 316 g/mol. The van der Waals surface area contributed by atoms with E-state index in [9.17, 15) is 14.4 Å². The van der Waals surface area contributed by atoms with Gasteiger partial charge in [0.05, 0.1) is 26.9 Å². The first kappa shape index (κ1) is 18.6. The molecule has 0 N–H and O–H groups in total. The Morgan fingerprint density at radius 1 is 1.18 bits per heavy atom. The fourth-order valence-corrected chi connectivity index (χ4v) is 2.59. The van der Waals surface area contributed by atoms with E-state index in [0.29, 0.717) is 0 Å². The van der Waals surface area contributed by atoms with Gasteiger partial charge in [0.2, 0.25) is 0 Å². The SMILES string of the molecule is COC(=O)C(CCC(C)=O)(C[C@H]1COC(C)(C)O1)C(=O)OC. The second-order valence-corrected chi connectivity index (χ2v) is 5.92. The van der Waals surface area contributed by atoms with Gasteiger partial charge in [0, 0.05) is 12.8 Å². The Labute approximate surface area is 130 Å². The molecule has 0 aliphatic carbocycles. The van der Waals surface area contributed by atoms with Crippen LogP contribution < -0.4 is 0 Å². The fourth-order valence-electron chi connectivity index (χ4n) is 2.59. The Morgan fingerprint density at radius 3 is 2.09 bits per heavy atom. The zero-order chi connectivity index (χ0) is 17.0. The lowest BCUT2D eigenvalue weighted by Gasteiger charge is -2.30. The molecule has 0 bridgehead atoms. The predicted molar refractivity (Wildman–Crippen MR) is 75.9 cm³/mol. The summed E-state index contributed by atoms with van der Waals surface area (Å²) in [7, 11) is 2.40. The Bertz CT molecular complexity index is 425. The van der Waals surface area contributed by atoms with Gasteiger partial charge < -0.3 is 23.7 Å². The van der Waals surface area contributed by atoms with Crippen LogP contribution in [0.4, 0.5) is 0 Å². The van der Waals surface area contributed by atoms with Crippen molar-refractivity contribution in [1.29, 1.82) is 0 Å². The summed E-state index contributed by atoms with van der Waals surface area (Å²) in [6.45, 7) is 5.15. The van der Waals surface area contributed by atoms with Crippen molar-refractivity contribution in [2.24, 2.45) is 5.41 Å². The third-order valence-corrected chi connectivity index (χ3v) is 3.70. The zero-order valence-electron chi connectivity index (χ0n) is 13.8. The number of esters is 2. The van der Waals surface area contributed by atoms with E-state index >= 15 is 0 Å². The quantitative estimate of drug-likeness (QED) is 0.515. The summed E-state index contributed by atoms with van der Waals surface area (Å²) in [6, 6.07) is 0. The molecule has 1 aliphatic rings. The van der Waals surface area contributed by atoms with Gasteiger partial charge in [-0.05, 0) is 27.2 Å². The molecule has 1 fully saturated rings. The molecular weight excluding hydrogens is 292 g/mol. The number of carbonyl (C=O) groups excluding carboxylic acids is 3. The Balaban J connectivity index is 3.03. The van der Waals surface area contributed by atoms with Crippen molar-refractivity contribution in [2.45, 2.75) is 51.9 Å². The number of hydrogen-bond acceptors (Lipinski definition) is 7. The maximum Gasteiger partial charge on any atom is 0.323 e. The van der Waals surface area contributed by atoms with Crippen molar-refractivity contribution in [3.8, 4) is 0 Å². The molecule has 0 saturated carbocycles. The summed E-state index contributed by atoms with van der Waals surface area (Å²) >= 11 is 0. The molecule has 7 heteroatoms. The summed E-state index contributed by atoms with van der Waals surface area (Å²) in [5.41, 5.74) is -1.57. The standard InChI is InChI=1S/C15H24O7/c1-10(16)6-7-15(12(17)19-4,13(18)20-5)8-11-9-21-14(2,3)22-11/h11H,6-9H2,1-5H3/t11-/m0/s1. The molecule has 0 amide bonds. The van der Waals surface area contributed by atoms with Crippen LogP contribution in [0.25, 0.3) is 0 Å². The van der Waals surface area contributed by atoms with Gasteiger partial charge in [-0.2, -0.15) is 0 Å². The van der Waals surface area contributed by atoms with Crippen LogP contribution in [0.3, 0.4) is 0 Å². The molecule has 1 heterocycles. The van der Waals surface area contributed by atoms with E-state index in [0.717, 1.165) is 0 Å². The third-order valence-electron chi connectivity index (χ3n) is 3.70. The summed E-state index contributed by atoms with van der Waals surface area (Å²) in [4.78, 5) is 35.8. The highest BCUT2D eigenvalue weighted by Gasteiger charge is 2.51. The molecule has 0 radical (unpaired) electrons. The second-order valence-electron chi connectivity index (χ2n) is 5.92. The van der Waals surface area contributed by atoms with Gasteiger partial charge in [-0.15, -0.1) is 0 Å². The molecule has 1 rings (SSSR count). The van der Waals surface area contributed by atoms with E-state index in [1.165, 1.54) is 21.1 Å². The van der Waals surface area contributed by atoms with Gasteiger partial charge >= 0.3 is 11.9 Å². The number of rotatable bonds is 7. The van der Waals surface area contributed by atoms with E-state index in [1.54, 1.807) is 13.8 Å². The lowest BCUT2D eigenvalue weighted by atomic mass is 9.77. The van der Waals surface area contributed by atoms with Crippen LogP contribution in [0.15, 0.2) is 0 Å². The second kappa shape index (κ2) is 7.19. The first-order chi connectivity index (χ1) is 10.2. The third kappa shape index (κ3) is 4.27. The molecule has 1 saturated heterocycles. The molecule has 7 nitrogen and oxygen atoms in total. The van der Waals surface area contributed by atoms with Crippen LogP contribution in [0, 0.1) is 5.41 Å². The number of methoxy groups -OCH3 is 2. The minimum atomic E-state index is -1.57. The van der Waals surface area contributed by atoms with Crippen molar-refractivity contribution in [1.82, 2.24) is 0 Å². The fraction of sp³-hybridized carbons (Fsp3) is 0.800. The topological polar surface area (TPSA) is 88.1 Å². The molecule has 22 heavy (non-hydrogen) atoms.